The SMILES string of the molecule is O=C(O)NCCc1ccc(OCCN2Cc3ccncc3C2)cc1. The molecular weight excluding hydrogens is 306 g/mol. The zero-order valence-electron chi connectivity index (χ0n) is 13.4. The molecule has 0 aliphatic carbocycles. The van der Waals surface area contributed by atoms with Crippen LogP contribution in [0.25, 0.3) is 0 Å². The van der Waals surface area contributed by atoms with E-state index in [1.165, 1.54) is 11.1 Å². The van der Waals surface area contributed by atoms with E-state index in [1.54, 1.807) is 0 Å². The molecule has 2 N–H and O–H groups in total. The number of hydrogen-bond acceptors (Lipinski definition) is 4. The molecule has 1 aromatic carbocycles. The van der Waals surface area contributed by atoms with Crippen LogP contribution in [0.1, 0.15) is 16.7 Å². The van der Waals surface area contributed by atoms with Gasteiger partial charge in [0.15, 0.2) is 0 Å². The van der Waals surface area contributed by atoms with E-state index in [0.717, 1.165) is 30.9 Å². The number of benzene rings is 1. The fraction of sp³-hybridized carbons (Fsp3) is 0.333. The van der Waals surface area contributed by atoms with Gasteiger partial charge in [0.25, 0.3) is 0 Å². The molecule has 1 aromatic heterocycles. The molecule has 2 heterocycles. The average molecular weight is 327 g/mol. The lowest BCUT2D eigenvalue weighted by Gasteiger charge is -2.15. The smallest absolute Gasteiger partial charge is 0.404 e. The van der Waals surface area contributed by atoms with Gasteiger partial charge in [-0.3, -0.25) is 9.88 Å². The summed E-state index contributed by atoms with van der Waals surface area (Å²) in [5, 5.41) is 10.9. The van der Waals surface area contributed by atoms with Gasteiger partial charge in [0, 0.05) is 38.6 Å². The van der Waals surface area contributed by atoms with Crippen molar-refractivity contribution in [2.24, 2.45) is 0 Å². The zero-order valence-corrected chi connectivity index (χ0v) is 13.4. The molecule has 2 aromatic rings. The molecule has 0 saturated carbocycles. The lowest BCUT2D eigenvalue weighted by atomic mass is 10.1. The van der Waals surface area contributed by atoms with Crippen LogP contribution in [0.3, 0.4) is 0 Å². The predicted molar refractivity (Wildman–Crippen MR) is 90.0 cm³/mol. The largest absolute Gasteiger partial charge is 0.492 e. The highest BCUT2D eigenvalue weighted by atomic mass is 16.5. The van der Waals surface area contributed by atoms with E-state index >= 15 is 0 Å². The summed E-state index contributed by atoms with van der Waals surface area (Å²) in [7, 11) is 0. The van der Waals surface area contributed by atoms with Gasteiger partial charge >= 0.3 is 6.09 Å². The van der Waals surface area contributed by atoms with Crippen LogP contribution < -0.4 is 10.1 Å². The Bertz CT molecular complexity index is 663. The van der Waals surface area contributed by atoms with Crippen LogP contribution in [0.5, 0.6) is 5.75 Å². The average Bonchev–Trinajstić information content (AvgIpc) is 2.99. The second-order valence-electron chi connectivity index (χ2n) is 5.83. The molecule has 1 aliphatic rings. The van der Waals surface area contributed by atoms with E-state index in [9.17, 15) is 4.79 Å². The predicted octanol–water partition coefficient (Wildman–Crippen LogP) is 2.29. The molecule has 0 spiro atoms. The minimum atomic E-state index is -0.991. The Morgan fingerprint density at radius 3 is 2.75 bits per heavy atom. The Kier molecular flexibility index (Phi) is 5.28. The van der Waals surface area contributed by atoms with Gasteiger partial charge in [0.2, 0.25) is 0 Å². The van der Waals surface area contributed by atoms with Crippen molar-refractivity contribution < 1.29 is 14.6 Å². The molecule has 24 heavy (non-hydrogen) atoms. The number of amides is 1. The molecule has 0 fully saturated rings. The van der Waals surface area contributed by atoms with E-state index in [-0.39, 0.29) is 0 Å². The van der Waals surface area contributed by atoms with Crippen molar-refractivity contribution in [3.05, 3.63) is 59.4 Å². The molecule has 126 valence electrons. The maximum absolute atomic E-state index is 10.4. The number of fused-ring (bicyclic) bond motifs is 1. The van der Waals surface area contributed by atoms with Crippen LogP contribution in [0.4, 0.5) is 4.79 Å². The Balaban J connectivity index is 1.39. The molecule has 0 atom stereocenters. The monoisotopic (exact) mass is 327 g/mol. The van der Waals surface area contributed by atoms with Crippen LogP contribution in [0.2, 0.25) is 0 Å². The summed E-state index contributed by atoms with van der Waals surface area (Å²) in [6.45, 7) is 3.82. The van der Waals surface area contributed by atoms with Gasteiger partial charge < -0.3 is 15.2 Å². The summed E-state index contributed by atoms with van der Waals surface area (Å²) >= 11 is 0. The van der Waals surface area contributed by atoms with Gasteiger partial charge in [0.05, 0.1) is 0 Å². The van der Waals surface area contributed by atoms with Crippen molar-refractivity contribution in [1.29, 1.82) is 0 Å². The van der Waals surface area contributed by atoms with Crippen molar-refractivity contribution in [1.82, 2.24) is 15.2 Å². The summed E-state index contributed by atoms with van der Waals surface area (Å²) in [4.78, 5) is 16.9. The topological polar surface area (TPSA) is 74.7 Å². The second kappa shape index (κ2) is 7.79. The molecule has 6 nitrogen and oxygen atoms in total. The molecular formula is C18H21N3O3. The van der Waals surface area contributed by atoms with E-state index < -0.39 is 6.09 Å². The van der Waals surface area contributed by atoms with E-state index in [1.807, 2.05) is 36.7 Å². The Labute approximate surface area is 141 Å². The van der Waals surface area contributed by atoms with Gasteiger partial charge in [-0.05, 0) is 41.3 Å². The molecule has 0 unspecified atom stereocenters. The summed E-state index contributed by atoms with van der Waals surface area (Å²) < 4.78 is 5.80. The van der Waals surface area contributed by atoms with Crippen LogP contribution in [-0.4, -0.2) is 40.8 Å². The molecule has 3 rings (SSSR count). The Morgan fingerprint density at radius 1 is 1.21 bits per heavy atom. The summed E-state index contributed by atoms with van der Waals surface area (Å²) in [6, 6.07) is 9.87. The summed E-state index contributed by atoms with van der Waals surface area (Å²) in [5.41, 5.74) is 3.74. The first kappa shape index (κ1) is 16.3. The maximum Gasteiger partial charge on any atom is 0.404 e. The second-order valence-corrected chi connectivity index (χ2v) is 5.83. The number of aromatic nitrogens is 1. The Hall–Kier alpha value is -2.60. The van der Waals surface area contributed by atoms with Crippen molar-refractivity contribution in [2.45, 2.75) is 19.5 Å². The molecule has 6 heteroatoms. The standard InChI is InChI=1S/C18H21N3O3/c22-18(23)20-8-5-14-1-3-17(4-2-14)24-10-9-21-12-15-6-7-19-11-16(15)13-21/h1-4,6-7,11,20H,5,8-10,12-13H2,(H,22,23). The highest BCUT2D eigenvalue weighted by Gasteiger charge is 2.18. The number of rotatable bonds is 7. The molecule has 1 amide bonds. The van der Waals surface area contributed by atoms with E-state index in [0.29, 0.717) is 19.6 Å². The minimum absolute atomic E-state index is 0.417. The normalized spacial score (nSPS) is 13.5. The van der Waals surface area contributed by atoms with E-state index in [4.69, 9.17) is 9.84 Å². The summed E-state index contributed by atoms with van der Waals surface area (Å²) in [6.07, 6.45) is 3.46. The first-order valence-electron chi connectivity index (χ1n) is 8.03. The number of pyridine rings is 1. The zero-order chi connectivity index (χ0) is 16.8. The maximum atomic E-state index is 10.4. The van der Waals surface area contributed by atoms with Crippen molar-refractivity contribution >= 4 is 6.09 Å². The minimum Gasteiger partial charge on any atom is -0.492 e. The van der Waals surface area contributed by atoms with Crippen LogP contribution in [-0.2, 0) is 19.5 Å². The number of carbonyl (C=O) groups is 1. The lowest BCUT2D eigenvalue weighted by molar-refractivity contribution is 0.194. The first-order valence-corrected chi connectivity index (χ1v) is 8.03. The third kappa shape index (κ3) is 4.45. The van der Waals surface area contributed by atoms with Crippen LogP contribution >= 0.6 is 0 Å². The van der Waals surface area contributed by atoms with Gasteiger partial charge in [-0.25, -0.2) is 4.79 Å². The first-order chi connectivity index (χ1) is 11.7. The van der Waals surface area contributed by atoms with Crippen molar-refractivity contribution in [2.75, 3.05) is 19.7 Å². The fourth-order valence-corrected chi connectivity index (χ4v) is 2.81. The molecule has 0 bridgehead atoms. The highest BCUT2D eigenvalue weighted by molar-refractivity contribution is 5.64. The third-order valence-corrected chi connectivity index (χ3v) is 4.08. The van der Waals surface area contributed by atoms with Crippen molar-refractivity contribution in [3.8, 4) is 5.75 Å². The Morgan fingerprint density at radius 2 is 2.00 bits per heavy atom. The quantitative estimate of drug-likeness (QED) is 0.816. The van der Waals surface area contributed by atoms with Gasteiger partial charge in [-0.15, -0.1) is 0 Å². The van der Waals surface area contributed by atoms with Crippen LogP contribution in [0.15, 0.2) is 42.7 Å². The van der Waals surface area contributed by atoms with Crippen LogP contribution in [0, 0.1) is 0 Å². The van der Waals surface area contributed by atoms with Gasteiger partial charge in [-0.1, -0.05) is 12.1 Å². The number of hydrogen-bond donors (Lipinski definition) is 2. The number of ether oxygens (including phenoxy) is 1. The third-order valence-electron chi connectivity index (χ3n) is 4.08. The van der Waals surface area contributed by atoms with E-state index in [2.05, 4.69) is 21.3 Å². The van der Waals surface area contributed by atoms with Gasteiger partial charge in [-0.2, -0.15) is 0 Å². The number of nitrogens with zero attached hydrogens (tertiary/aromatic N) is 2. The summed E-state index contributed by atoms with van der Waals surface area (Å²) in [5.74, 6) is 0.836. The number of carboxylic acid groups (broad SMARTS) is 1. The lowest BCUT2D eigenvalue weighted by Crippen LogP contribution is -2.23. The molecule has 0 saturated heterocycles. The number of nitrogens with one attached hydrogen (secondary N) is 1. The van der Waals surface area contributed by atoms with Gasteiger partial charge in [0.1, 0.15) is 12.4 Å². The molecule has 1 aliphatic heterocycles. The highest BCUT2D eigenvalue weighted by Crippen LogP contribution is 2.21. The fourth-order valence-electron chi connectivity index (χ4n) is 2.81. The van der Waals surface area contributed by atoms with Crippen molar-refractivity contribution in [3.63, 3.8) is 0 Å². The molecule has 0 radical (unpaired) electrons.